The summed E-state index contributed by atoms with van der Waals surface area (Å²) in [7, 11) is 0. The summed E-state index contributed by atoms with van der Waals surface area (Å²) in [5, 5.41) is 6.84. The van der Waals surface area contributed by atoms with Crippen molar-refractivity contribution in [1.82, 2.24) is 20.3 Å². The second-order valence-electron chi connectivity index (χ2n) is 8.96. The van der Waals surface area contributed by atoms with Gasteiger partial charge in [-0.05, 0) is 37.6 Å². The molecule has 1 atom stereocenters. The van der Waals surface area contributed by atoms with E-state index in [0.717, 1.165) is 0 Å². The van der Waals surface area contributed by atoms with Crippen LogP contribution in [0, 0.1) is 25.1 Å². The number of fused-ring (bicyclic) bond motifs is 1. The number of aromatic nitrogens is 3. The first-order valence-corrected chi connectivity index (χ1v) is 12.2. The minimum absolute atomic E-state index is 0.112. The molecule has 5 rings (SSSR count). The molecule has 8 nitrogen and oxygen atoms in total. The Morgan fingerprint density at radius 3 is 2.66 bits per heavy atom. The molecule has 38 heavy (non-hydrogen) atoms. The van der Waals surface area contributed by atoms with Gasteiger partial charge in [-0.1, -0.05) is 17.7 Å². The minimum Gasteiger partial charge on any atom is -0.377 e. The van der Waals surface area contributed by atoms with Gasteiger partial charge in [0.2, 0.25) is 11.9 Å². The van der Waals surface area contributed by atoms with Crippen molar-refractivity contribution in [1.29, 1.82) is 0 Å². The molecule has 2 N–H and O–H groups in total. The van der Waals surface area contributed by atoms with Gasteiger partial charge in [0.15, 0.2) is 5.69 Å². The van der Waals surface area contributed by atoms with Gasteiger partial charge in [-0.15, -0.1) is 0 Å². The van der Waals surface area contributed by atoms with E-state index in [2.05, 4.69) is 30.4 Å². The topological polar surface area (TPSA) is 87.4 Å². The molecule has 1 saturated heterocycles. The molecule has 0 radical (unpaired) electrons. The van der Waals surface area contributed by atoms with Gasteiger partial charge in [0, 0.05) is 48.1 Å². The van der Waals surface area contributed by atoms with Crippen molar-refractivity contribution < 1.29 is 13.6 Å². The molecule has 3 heterocycles. The van der Waals surface area contributed by atoms with Crippen LogP contribution >= 0.6 is 11.6 Å². The predicted octanol–water partition coefficient (Wildman–Crippen LogP) is 5.59. The van der Waals surface area contributed by atoms with Crippen molar-refractivity contribution in [3.8, 4) is 11.1 Å². The Bertz CT molecular complexity index is 1600. The molecule has 1 amide bonds. The molecule has 2 aromatic heterocycles. The molecule has 0 unspecified atom stereocenters. The molecule has 0 bridgehead atoms. The van der Waals surface area contributed by atoms with Gasteiger partial charge in [-0.3, -0.25) is 9.78 Å². The summed E-state index contributed by atoms with van der Waals surface area (Å²) >= 11 is 6.63. The molecular weight excluding hydrogens is 512 g/mol. The number of benzene rings is 2. The standard InChI is InChI=1S/C27H22ClF2N7O/c1-14(18-8-17(31-3)4-5-21(18)29)36-26-20-9-19(22(30)10-23(20)35-15(2)25(26)28)16-11-33-27(34-12-16)37-7-6-32-24(38)13-37/h4-5,8-12,14H,6-7,13H2,1-2H3,(H,32,38)(H,35,36)/t14-/m1/s1. The highest BCUT2D eigenvalue weighted by atomic mass is 35.5. The summed E-state index contributed by atoms with van der Waals surface area (Å²) in [5.74, 6) is -0.710. The van der Waals surface area contributed by atoms with Gasteiger partial charge in [0.05, 0.1) is 41.1 Å². The first-order chi connectivity index (χ1) is 18.2. The second-order valence-corrected chi connectivity index (χ2v) is 9.34. The van der Waals surface area contributed by atoms with E-state index in [0.29, 0.717) is 63.2 Å². The fraction of sp³-hybridized carbons (Fsp3) is 0.222. The lowest BCUT2D eigenvalue weighted by atomic mass is 10.0. The Morgan fingerprint density at radius 2 is 1.95 bits per heavy atom. The maximum absolute atomic E-state index is 15.2. The smallest absolute Gasteiger partial charge is 0.239 e. The Kier molecular flexibility index (Phi) is 6.78. The van der Waals surface area contributed by atoms with Crippen LogP contribution in [-0.2, 0) is 4.79 Å². The number of pyridine rings is 1. The van der Waals surface area contributed by atoms with Crippen molar-refractivity contribution in [3.05, 3.63) is 82.1 Å². The van der Waals surface area contributed by atoms with Crippen molar-refractivity contribution in [2.24, 2.45) is 0 Å². The van der Waals surface area contributed by atoms with Crippen LogP contribution in [0.5, 0.6) is 0 Å². The number of anilines is 2. The summed E-state index contributed by atoms with van der Waals surface area (Å²) in [6.07, 6.45) is 3.01. The van der Waals surface area contributed by atoms with Crippen molar-refractivity contribution >= 4 is 45.7 Å². The first-order valence-electron chi connectivity index (χ1n) is 11.8. The number of piperazine rings is 1. The van der Waals surface area contributed by atoms with Gasteiger partial charge in [-0.25, -0.2) is 23.6 Å². The van der Waals surface area contributed by atoms with Crippen LogP contribution in [0.4, 0.5) is 26.1 Å². The van der Waals surface area contributed by atoms with Gasteiger partial charge in [0.25, 0.3) is 0 Å². The molecule has 4 aromatic rings. The number of aryl methyl sites for hydroxylation is 1. The van der Waals surface area contributed by atoms with E-state index in [1.54, 1.807) is 24.8 Å². The zero-order chi connectivity index (χ0) is 27.0. The number of carbonyl (C=O) groups excluding carboxylic acids is 1. The molecule has 1 fully saturated rings. The maximum Gasteiger partial charge on any atom is 0.239 e. The third kappa shape index (κ3) is 4.80. The van der Waals surface area contributed by atoms with E-state index in [9.17, 15) is 9.18 Å². The second kappa shape index (κ2) is 10.2. The number of hydrogen-bond acceptors (Lipinski definition) is 6. The molecular formula is C27H22ClF2N7O. The number of carbonyl (C=O) groups is 1. The zero-order valence-electron chi connectivity index (χ0n) is 20.5. The summed E-state index contributed by atoms with van der Waals surface area (Å²) < 4.78 is 29.9. The van der Waals surface area contributed by atoms with Crippen molar-refractivity contribution in [2.45, 2.75) is 19.9 Å². The van der Waals surface area contributed by atoms with Gasteiger partial charge in [0.1, 0.15) is 11.6 Å². The van der Waals surface area contributed by atoms with Crippen LogP contribution in [-0.4, -0.2) is 40.5 Å². The number of halogens is 3. The number of amides is 1. The largest absolute Gasteiger partial charge is 0.377 e. The first kappa shape index (κ1) is 25.3. The number of nitrogens with one attached hydrogen (secondary N) is 2. The number of nitrogens with zero attached hydrogens (tertiary/aromatic N) is 5. The quantitative estimate of drug-likeness (QED) is 0.325. The van der Waals surface area contributed by atoms with Crippen molar-refractivity contribution in [3.63, 3.8) is 0 Å². The molecule has 192 valence electrons. The lowest BCUT2D eigenvalue weighted by molar-refractivity contribution is -0.120. The van der Waals surface area contributed by atoms with E-state index >= 15 is 4.39 Å². The predicted molar refractivity (Wildman–Crippen MR) is 142 cm³/mol. The van der Waals surface area contributed by atoms with E-state index in [-0.39, 0.29) is 18.0 Å². The fourth-order valence-electron chi connectivity index (χ4n) is 4.41. The van der Waals surface area contributed by atoms with E-state index in [1.165, 1.54) is 36.7 Å². The third-order valence-corrected chi connectivity index (χ3v) is 6.85. The van der Waals surface area contributed by atoms with E-state index < -0.39 is 17.7 Å². The monoisotopic (exact) mass is 533 g/mol. The summed E-state index contributed by atoms with van der Waals surface area (Å²) in [4.78, 5) is 30.0. The summed E-state index contributed by atoms with van der Waals surface area (Å²) in [6, 6.07) is 6.52. The van der Waals surface area contributed by atoms with Crippen LogP contribution in [0.15, 0.2) is 42.7 Å². The number of hydrogen-bond donors (Lipinski definition) is 2. The highest BCUT2D eigenvalue weighted by molar-refractivity contribution is 6.35. The molecule has 1 aliphatic heterocycles. The van der Waals surface area contributed by atoms with Crippen LogP contribution in [0.1, 0.15) is 24.2 Å². The molecule has 0 spiro atoms. The molecule has 0 saturated carbocycles. The zero-order valence-corrected chi connectivity index (χ0v) is 21.3. The van der Waals surface area contributed by atoms with Crippen LogP contribution < -0.4 is 15.5 Å². The van der Waals surface area contributed by atoms with Gasteiger partial charge in [-0.2, -0.15) is 0 Å². The third-order valence-electron chi connectivity index (χ3n) is 6.39. The lowest BCUT2D eigenvalue weighted by Crippen LogP contribution is -2.48. The number of rotatable bonds is 5. The van der Waals surface area contributed by atoms with Crippen LogP contribution in [0.2, 0.25) is 5.02 Å². The Labute approximate surface area is 222 Å². The summed E-state index contributed by atoms with van der Waals surface area (Å²) in [5.41, 5.74) is 2.60. The average Bonchev–Trinajstić information content (AvgIpc) is 2.91. The Hall–Kier alpha value is -4.36. The average molecular weight is 534 g/mol. The van der Waals surface area contributed by atoms with Crippen LogP contribution in [0.25, 0.3) is 26.9 Å². The highest BCUT2D eigenvalue weighted by Gasteiger charge is 2.21. The normalized spacial score (nSPS) is 14.2. The highest BCUT2D eigenvalue weighted by Crippen LogP contribution is 2.38. The molecule has 1 aliphatic rings. The van der Waals surface area contributed by atoms with Crippen molar-refractivity contribution in [2.75, 3.05) is 29.9 Å². The fourth-order valence-corrected chi connectivity index (χ4v) is 4.61. The Balaban J connectivity index is 1.54. The lowest BCUT2D eigenvalue weighted by Gasteiger charge is -2.26. The Morgan fingerprint density at radius 1 is 1.18 bits per heavy atom. The maximum atomic E-state index is 15.2. The van der Waals surface area contributed by atoms with E-state index in [1.807, 2.05) is 0 Å². The minimum atomic E-state index is -0.558. The SMILES string of the molecule is [C-]#[N+]c1ccc(F)c([C@@H](C)Nc2c(Cl)c(C)nc3cc(F)c(-c4cnc(N5CCNC(=O)C5)nc4)cc23)c1. The van der Waals surface area contributed by atoms with Crippen LogP contribution in [0.3, 0.4) is 0 Å². The van der Waals surface area contributed by atoms with Gasteiger partial charge < -0.3 is 15.5 Å². The summed E-state index contributed by atoms with van der Waals surface area (Å²) in [6.45, 7) is 11.9. The van der Waals surface area contributed by atoms with E-state index in [4.69, 9.17) is 18.2 Å². The molecule has 0 aliphatic carbocycles. The molecule has 2 aromatic carbocycles. The van der Waals surface area contributed by atoms with Gasteiger partial charge >= 0.3 is 0 Å². The molecule has 11 heteroatoms.